The van der Waals surface area contributed by atoms with Crippen molar-refractivity contribution in [2.24, 2.45) is 9.50 Å². The molecule has 0 fully saturated rings. The Bertz CT molecular complexity index is 1320. The third-order valence-electron chi connectivity index (χ3n) is 3.86. The second-order valence-corrected chi connectivity index (χ2v) is 13.3. The number of rotatable bonds is 5. The minimum absolute atomic E-state index is 0.0519. The number of hydrogen-bond donors (Lipinski definition) is 2. The molecule has 1 aromatic heterocycles. The van der Waals surface area contributed by atoms with Crippen molar-refractivity contribution in [3.8, 4) is 0 Å². The van der Waals surface area contributed by atoms with E-state index in [0.29, 0.717) is 13.1 Å². The Balaban J connectivity index is 2.35. The number of nitrogens with zero attached hydrogens (tertiary/aromatic N) is 1. The smallest absolute Gasteiger partial charge is 0.290 e. The van der Waals surface area contributed by atoms with Gasteiger partial charge in [0, 0.05) is 4.47 Å². The van der Waals surface area contributed by atoms with E-state index in [1.54, 1.807) is 36.4 Å². The molecule has 0 saturated carbocycles. The van der Waals surface area contributed by atoms with Crippen LogP contribution in [0.5, 0.6) is 0 Å². The quantitative estimate of drug-likeness (QED) is 0.323. The number of sulfonamides is 1. The first-order chi connectivity index (χ1) is 13.5. The van der Waals surface area contributed by atoms with Crippen molar-refractivity contribution in [3.05, 3.63) is 73.3 Å². The van der Waals surface area contributed by atoms with Crippen LogP contribution in [0.15, 0.2) is 81.3 Å². The zero-order chi connectivity index (χ0) is 21.4. The Morgan fingerprint density at radius 3 is 2.24 bits per heavy atom. The second-order valence-electron chi connectivity index (χ2n) is 6.01. The van der Waals surface area contributed by atoms with Gasteiger partial charge in [0.05, 0.1) is 23.4 Å². The molecule has 1 unspecified atom stereocenters. The highest BCUT2D eigenvalue weighted by atomic mass is 79.9. The lowest BCUT2D eigenvalue weighted by atomic mass is 10.2. The van der Waals surface area contributed by atoms with Gasteiger partial charge in [-0.25, -0.2) is 4.21 Å². The molecule has 0 amide bonds. The first-order valence-electron chi connectivity index (χ1n) is 8.02. The lowest BCUT2D eigenvalue weighted by Crippen LogP contribution is -2.09. The largest absolute Gasteiger partial charge is 0.383 e. The summed E-state index contributed by atoms with van der Waals surface area (Å²) in [6, 6.07) is 14.1. The molecule has 152 valence electrons. The molecular formula is C18H15Br2N3O3S3. The summed E-state index contributed by atoms with van der Waals surface area (Å²) >= 11 is 7.75. The minimum Gasteiger partial charge on any atom is -0.383 e. The molecule has 2 aromatic carbocycles. The maximum atomic E-state index is 14.2. The van der Waals surface area contributed by atoms with Crippen LogP contribution >= 0.6 is 43.2 Å². The first kappa shape index (κ1) is 22.2. The highest BCUT2D eigenvalue weighted by Crippen LogP contribution is 2.38. The Labute approximate surface area is 190 Å². The summed E-state index contributed by atoms with van der Waals surface area (Å²) in [6.45, 7) is 1.84. The van der Waals surface area contributed by atoms with Gasteiger partial charge in [-0.15, -0.1) is 11.3 Å². The number of halogens is 2. The molecule has 0 aliphatic carbocycles. The zero-order valence-corrected chi connectivity index (χ0v) is 20.5. The van der Waals surface area contributed by atoms with Crippen LogP contribution < -0.4 is 5.73 Å². The number of aryl methyl sites for hydroxylation is 1. The molecule has 6 nitrogen and oxygen atoms in total. The lowest BCUT2D eigenvalue weighted by molar-refractivity contribution is 0.598. The number of nitrogens with two attached hydrogens (primary N) is 1. The van der Waals surface area contributed by atoms with Gasteiger partial charge in [-0.2, -0.15) is 8.42 Å². The lowest BCUT2D eigenvalue weighted by Gasteiger charge is -2.11. The molecule has 0 radical (unpaired) electrons. The normalized spacial score (nSPS) is 13.6. The number of thiophene rings is 1. The molecule has 3 N–H and O–H groups in total. The maximum absolute atomic E-state index is 14.2. The third kappa shape index (κ3) is 4.64. The Kier molecular flexibility index (Phi) is 6.35. The van der Waals surface area contributed by atoms with Gasteiger partial charge >= 0.3 is 0 Å². The molecule has 1 heterocycles. The van der Waals surface area contributed by atoms with Crippen LogP contribution in [-0.2, 0) is 19.8 Å². The molecule has 3 aromatic rings. The number of amidine groups is 1. The van der Waals surface area contributed by atoms with E-state index in [-0.39, 0.29) is 20.5 Å². The fraction of sp³-hybridized carbons (Fsp3) is 0.0556. The Hall–Kier alpha value is -1.53. The summed E-state index contributed by atoms with van der Waals surface area (Å²) in [5, 5.41) is 7.64. The molecule has 0 aliphatic rings. The zero-order valence-electron chi connectivity index (χ0n) is 14.9. The summed E-state index contributed by atoms with van der Waals surface area (Å²) in [7, 11) is -7.85. The van der Waals surface area contributed by atoms with Crippen molar-refractivity contribution in [3.63, 3.8) is 0 Å². The van der Waals surface area contributed by atoms with E-state index in [4.69, 9.17) is 11.1 Å². The van der Waals surface area contributed by atoms with Crippen molar-refractivity contribution in [2.45, 2.75) is 21.6 Å². The Morgan fingerprint density at radius 1 is 1.03 bits per heavy atom. The number of hydrogen-bond acceptors (Lipinski definition) is 5. The standard InChI is InChI=1S/C18H15Br2N3O3S3/c1-11-5-7-13(8-6-11)29(25,26)23-28(24,14-4-2-3-12(19)9-14)16-10-15(18(21)22)27-17(16)20/h2-10H,1H3,(H3,21,22). The summed E-state index contributed by atoms with van der Waals surface area (Å²) in [5.41, 5.74) is 6.45. The van der Waals surface area contributed by atoms with E-state index in [2.05, 4.69) is 35.6 Å². The van der Waals surface area contributed by atoms with Crippen LogP contribution in [0.3, 0.4) is 0 Å². The molecule has 29 heavy (non-hydrogen) atoms. The van der Waals surface area contributed by atoms with Crippen molar-refractivity contribution in [1.29, 1.82) is 5.41 Å². The number of benzene rings is 2. The van der Waals surface area contributed by atoms with Crippen LogP contribution in [-0.4, -0.2) is 18.5 Å². The third-order valence-corrected chi connectivity index (χ3v) is 10.9. The van der Waals surface area contributed by atoms with Gasteiger partial charge in [-0.3, -0.25) is 5.41 Å². The van der Waals surface area contributed by atoms with Crippen molar-refractivity contribution >= 4 is 68.8 Å². The molecule has 0 aliphatic heterocycles. The predicted molar refractivity (Wildman–Crippen MR) is 123 cm³/mol. The monoisotopic (exact) mass is 575 g/mol. The number of nitrogen functional groups attached to an aromatic ring is 1. The van der Waals surface area contributed by atoms with Crippen molar-refractivity contribution < 1.29 is 12.6 Å². The van der Waals surface area contributed by atoms with E-state index < -0.39 is 19.8 Å². The fourth-order valence-corrected chi connectivity index (χ4v) is 9.33. The van der Waals surface area contributed by atoms with Crippen LogP contribution in [0.4, 0.5) is 0 Å². The molecule has 0 saturated heterocycles. The summed E-state index contributed by atoms with van der Waals surface area (Å²) in [4.78, 5) is 0.680. The highest BCUT2D eigenvalue weighted by molar-refractivity contribution is 9.11. The summed E-state index contributed by atoms with van der Waals surface area (Å²) < 4.78 is 45.1. The average Bonchev–Trinajstić information content (AvgIpc) is 3.04. The number of nitrogens with one attached hydrogen (secondary N) is 1. The molecule has 11 heteroatoms. The van der Waals surface area contributed by atoms with Gasteiger partial charge in [-0.05, 0) is 59.3 Å². The van der Waals surface area contributed by atoms with Crippen LogP contribution in [0.2, 0.25) is 0 Å². The topological polar surface area (TPSA) is 113 Å². The molecule has 0 spiro atoms. The van der Waals surface area contributed by atoms with Gasteiger partial charge in [0.1, 0.15) is 15.6 Å². The van der Waals surface area contributed by atoms with Gasteiger partial charge in [0.2, 0.25) is 0 Å². The van der Waals surface area contributed by atoms with E-state index >= 15 is 0 Å². The van der Waals surface area contributed by atoms with Crippen molar-refractivity contribution in [1.82, 2.24) is 0 Å². The fourth-order valence-electron chi connectivity index (χ4n) is 2.41. The summed E-state index contributed by atoms with van der Waals surface area (Å²) in [6.07, 6.45) is 0. The molecule has 1 atom stereocenters. The minimum atomic E-state index is -4.24. The predicted octanol–water partition coefficient (Wildman–Crippen LogP) is 5.14. The average molecular weight is 577 g/mol. The molecular weight excluding hydrogens is 562 g/mol. The summed E-state index contributed by atoms with van der Waals surface area (Å²) in [5.74, 6) is -0.209. The van der Waals surface area contributed by atoms with Gasteiger partial charge in [-0.1, -0.05) is 43.5 Å². The van der Waals surface area contributed by atoms with Crippen LogP contribution in [0.25, 0.3) is 0 Å². The highest BCUT2D eigenvalue weighted by Gasteiger charge is 2.27. The van der Waals surface area contributed by atoms with E-state index in [0.717, 1.165) is 16.9 Å². The molecule has 3 rings (SSSR count). The van der Waals surface area contributed by atoms with E-state index in [9.17, 15) is 12.6 Å². The van der Waals surface area contributed by atoms with Gasteiger partial charge in [0.15, 0.2) is 0 Å². The first-order valence-corrected chi connectivity index (χ1v) is 13.4. The second kappa shape index (κ2) is 8.31. The van der Waals surface area contributed by atoms with Crippen LogP contribution in [0.1, 0.15) is 10.4 Å². The van der Waals surface area contributed by atoms with Crippen LogP contribution in [0, 0.1) is 12.3 Å². The Morgan fingerprint density at radius 2 is 1.69 bits per heavy atom. The van der Waals surface area contributed by atoms with E-state index in [1.165, 1.54) is 18.2 Å². The SMILES string of the molecule is Cc1ccc(S(=O)(=O)N=S(=O)(c2cccc(Br)c2)c2cc(C(=N)N)sc2Br)cc1. The van der Waals surface area contributed by atoms with Gasteiger partial charge in [0.25, 0.3) is 10.0 Å². The van der Waals surface area contributed by atoms with Gasteiger partial charge < -0.3 is 5.73 Å². The van der Waals surface area contributed by atoms with Crippen molar-refractivity contribution in [2.75, 3.05) is 0 Å². The van der Waals surface area contributed by atoms with E-state index in [1.807, 2.05) is 6.92 Å². The molecule has 0 bridgehead atoms. The maximum Gasteiger partial charge on any atom is 0.290 e.